The highest BCUT2D eigenvalue weighted by Crippen LogP contribution is 2.38. The number of hydrogen-bond acceptors (Lipinski definition) is 5. The number of rotatable bonds is 6. The lowest BCUT2D eigenvalue weighted by molar-refractivity contribution is -0.138. The zero-order chi connectivity index (χ0) is 24.1. The molecule has 0 spiro atoms. The smallest absolute Gasteiger partial charge is 0.251 e. The van der Waals surface area contributed by atoms with Crippen LogP contribution in [0.5, 0.6) is 0 Å². The fourth-order valence-electron chi connectivity index (χ4n) is 4.13. The first kappa shape index (κ1) is 23.8. The summed E-state index contributed by atoms with van der Waals surface area (Å²) < 4.78 is 0. The molecule has 3 N–H and O–H groups in total. The van der Waals surface area contributed by atoms with Crippen molar-refractivity contribution in [2.75, 3.05) is 5.32 Å². The SMILES string of the molecule is NC(=O)c1c(NC(=S)N(C(=O)Cc2ccccc2)C(=O)Cc2ccccc2)sc2c1CCCC2. The molecule has 3 aromatic rings. The highest BCUT2D eigenvalue weighted by molar-refractivity contribution is 7.80. The Labute approximate surface area is 207 Å². The minimum atomic E-state index is -0.539. The number of carbonyl (C=O) groups is 3. The molecule has 0 radical (unpaired) electrons. The summed E-state index contributed by atoms with van der Waals surface area (Å²) in [6.07, 6.45) is 3.73. The van der Waals surface area contributed by atoms with Crippen molar-refractivity contribution in [1.82, 2.24) is 4.90 Å². The molecule has 2 aromatic carbocycles. The lowest BCUT2D eigenvalue weighted by Gasteiger charge is -2.22. The van der Waals surface area contributed by atoms with Crippen molar-refractivity contribution in [2.24, 2.45) is 5.73 Å². The summed E-state index contributed by atoms with van der Waals surface area (Å²) >= 11 is 6.98. The molecule has 0 atom stereocenters. The predicted molar refractivity (Wildman–Crippen MR) is 138 cm³/mol. The number of amides is 3. The molecule has 4 rings (SSSR count). The van der Waals surface area contributed by atoms with Gasteiger partial charge in [0.2, 0.25) is 11.8 Å². The molecule has 1 heterocycles. The fourth-order valence-corrected chi connectivity index (χ4v) is 5.80. The number of anilines is 1. The van der Waals surface area contributed by atoms with E-state index in [-0.39, 0.29) is 18.0 Å². The van der Waals surface area contributed by atoms with E-state index in [0.29, 0.717) is 10.6 Å². The van der Waals surface area contributed by atoms with E-state index in [0.717, 1.165) is 52.2 Å². The van der Waals surface area contributed by atoms with E-state index >= 15 is 0 Å². The van der Waals surface area contributed by atoms with E-state index < -0.39 is 17.7 Å². The number of nitrogens with one attached hydrogen (secondary N) is 1. The minimum absolute atomic E-state index is 0.0206. The van der Waals surface area contributed by atoms with E-state index in [1.54, 1.807) is 0 Å². The quantitative estimate of drug-likeness (QED) is 0.503. The van der Waals surface area contributed by atoms with Gasteiger partial charge in [-0.3, -0.25) is 14.4 Å². The molecule has 0 saturated carbocycles. The lowest BCUT2D eigenvalue weighted by atomic mass is 9.95. The molecule has 174 valence electrons. The van der Waals surface area contributed by atoms with Crippen molar-refractivity contribution in [3.05, 3.63) is 87.8 Å². The molecular formula is C26H25N3O3S2. The highest BCUT2D eigenvalue weighted by Gasteiger charge is 2.29. The second-order valence-corrected chi connectivity index (χ2v) is 9.65. The molecule has 1 aromatic heterocycles. The van der Waals surface area contributed by atoms with Gasteiger partial charge in [-0.1, -0.05) is 60.7 Å². The number of nitrogens with zero attached hydrogens (tertiary/aromatic N) is 1. The Kier molecular flexibility index (Phi) is 7.49. The van der Waals surface area contributed by atoms with Crippen molar-refractivity contribution >= 4 is 51.4 Å². The number of benzene rings is 2. The Morgan fingerprint density at radius 2 is 1.41 bits per heavy atom. The van der Waals surface area contributed by atoms with Crippen molar-refractivity contribution in [3.8, 4) is 0 Å². The number of nitrogens with two attached hydrogens (primary N) is 1. The Balaban J connectivity index is 1.62. The van der Waals surface area contributed by atoms with Crippen molar-refractivity contribution in [1.29, 1.82) is 0 Å². The van der Waals surface area contributed by atoms with Crippen LogP contribution in [0.1, 0.15) is 44.8 Å². The van der Waals surface area contributed by atoms with Crippen LogP contribution in [0.3, 0.4) is 0 Å². The van der Waals surface area contributed by atoms with Crippen LogP contribution in [0.25, 0.3) is 0 Å². The molecule has 0 saturated heterocycles. The first-order chi connectivity index (χ1) is 16.4. The van der Waals surface area contributed by atoms with Gasteiger partial charge in [0, 0.05) is 4.88 Å². The number of imide groups is 1. The van der Waals surface area contributed by atoms with Crippen molar-refractivity contribution < 1.29 is 14.4 Å². The van der Waals surface area contributed by atoms with Crippen LogP contribution in [0.15, 0.2) is 60.7 Å². The van der Waals surface area contributed by atoms with Gasteiger partial charge in [-0.05, 0) is 54.6 Å². The largest absolute Gasteiger partial charge is 0.365 e. The van der Waals surface area contributed by atoms with E-state index in [9.17, 15) is 14.4 Å². The Hall–Kier alpha value is -3.36. The Morgan fingerprint density at radius 1 is 0.882 bits per heavy atom. The molecule has 6 nitrogen and oxygen atoms in total. The van der Waals surface area contributed by atoms with Crippen LogP contribution in [0.2, 0.25) is 0 Å². The Bertz CT molecular complexity index is 1170. The van der Waals surface area contributed by atoms with E-state index in [4.69, 9.17) is 18.0 Å². The third-order valence-electron chi connectivity index (χ3n) is 5.74. The molecule has 0 unspecified atom stereocenters. The third kappa shape index (κ3) is 5.40. The molecule has 0 bridgehead atoms. The summed E-state index contributed by atoms with van der Waals surface area (Å²) in [6.45, 7) is 0. The topological polar surface area (TPSA) is 92.5 Å². The fraction of sp³-hybridized carbons (Fsp3) is 0.231. The lowest BCUT2D eigenvalue weighted by Crippen LogP contribution is -2.45. The number of fused-ring (bicyclic) bond motifs is 1. The molecule has 0 aliphatic heterocycles. The second-order valence-electron chi connectivity index (χ2n) is 8.16. The van der Waals surface area contributed by atoms with Crippen molar-refractivity contribution in [3.63, 3.8) is 0 Å². The molecule has 1 aliphatic rings. The average molecular weight is 492 g/mol. The molecular weight excluding hydrogens is 466 g/mol. The van der Waals surface area contributed by atoms with Gasteiger partial charge in [0.1, 0.15) is 5.00 Å². The van der Waals surface area contributed by atoms with E-state index in [1.807, 2.05) is 60.7 Å². The third-order valence-corrected chi connectivity index (χ3v) is 7.23. The normalized spacial score (nSPS) is 12.5. The molecule has 1 aliphatic carbocycles. The van der Waals surface area contributed by atoms with E-state index in [1.165, 1.54) is 11.3 Å². The maximum atomic E-state index is 13.3. The molecule has 34 heavy (non-hydrogen) atoms. The van der Waals surface area contributed by atoms with Crippen LogP contribution < -0.4 is 11.1 Å². The minimum Gasteiger partial charge on any atom is -0.365 e. The number of hydrogen-bond donors (Lipinski definition) is 2. The van der Waals surface area contributed by atoms with Crippen LogP contribution in [-0.2, 0) is 35.3 Å². The molecule has 0 fully saturated rings. The average Bonchev–Trinajstić information content (AvgIpc) is 3.18. The van der Waals surface area contributed by atoms with Gasteiger partial charge in [-0.15, -0.1) is 11.3 Å². The number of primary amides is 1. The van der Waals surface area contributed by atoms with Gasteiger partial charge in [-0.25, -0.2) is 4.90 Å². The van der Waals surface area contributed by atoms with Gasteiger partial charge < -0.3 is 11.1 Å². The summed E-state index contributed by atoms with van der Waals surface area (Å²) in [7, 11) is 0. The van der Waals surface area contributed by atoms with Gasteiger partial charge in [0.05, 0.1) is 18.4 Å². The second kappa shape index (κ2) is 10.7. The molecule has 8 heteroatoms. The number of carbonyl (C=O) groups excluding carboxylic acids is 3. The van der Waals surface area contributed by atoms with Crippen LogP contribution in [-0.4, -0.2) is 27.7 Å². The van der Waals surface area contributed by atoms with Crippen LogP contribution >= 0.6 is 23.6 Å². The number of thiocarbonyl (C=S) groups is 1. The summed E-state index contributed by atoms with van der Waals surface area (Å²) in [4.78, 5) is 40.9. The maximum absolute atomic E-state index is 13.3. The van der Waals surface area contributed by atoms with E-state index in [2.05, 4.69) is 5.32 Å². The maximum Gasteiger partial charge on any atom is 0.251 e. The number of aryl methyl sites for hydroxylation is 1. The van der Waals surface area contributed by atoms with Crippen LogP contribution in [0.4, 0.5) is 5.00 Å². The summed E-state index contributed by atoms with van der Waals surface area (Å²) in [5.41, 5.74) is 8.61. The zero-order valence-corrected chi connectivity index (χ0v) is 20.2. The van der Waals surface area contributed by atoms with Gasteiger partial charge in [-0.2, -0.15) is 0 Å². The monoisotopic (exact) mass is 491 g/mol. The first-order valence-corrected chi connectivity index (χ1v) is 12.4. The summed E-state index contributed by atoms with van der Waals surface area (Å²) in [6, 6.07) is 18.4. The summed E-state index contributed by atoms with van der Waals surface area (Å²) in [5, 5.41) is 3.46. The Morgan fingerprint density at radius 3 is 1.94 bits per heavy atom. The summed E-state index contributed by atoms with van der Waals surface area (Å²) in [5.74, 6) is -1.42. The van der Waals surface area contributed by atoms with Crippen LogP contribution in [0, 0.1) is 0 Å². The van der Waals surface area contributed by atoms with Gasteiger partial charge >= 0.3 is 0 Å². The molecule has 3 amide bonds. The van der Waals surface area contributed by atoms with Crippen molar-refractivity contribution in [2.45, 2.75) is 38.5 Å². The van der Waals surface area contributed by atoms with Gasteiger partial charge in [0.25, 0.3) is 5.91 Å². The predicted octanol–water partition coefficient (Wildman–Crippen LogP) is 4.26. The highest BCUT2D eigenvalue weighted by atomic mass is 32.1. The van der Waals surface area contributed by atoms with Gasteiger partial charge in [0.15, 0.2) is 5.11 Å². The first-order valence-electron chi connectivity index (χ1n) is 11.1. The standard InChI is InChI=1S/C26H25N3O3S2/c27-24(32)23-19-13-7-8-14-20(19)34-25(23)28-26(33)29(21(30)15-17-9-3-1-4-10-17)22(31)16-18-11-5-2-6-12-18/h1-6,9-12H,7-8,13-16H2,(H2,27,32)(H,28,33). The number of thiophene rings is 1. The zero-order valence-electron chi connectivity index (χ0n) is 18.6.